The molecule has 0 amide bonds. The van der Waals surface area contributed by atoms with E-state index in [1.807, 2.05) is 12.1 Å². The predicted octanol–water partition coefficient (Wildman–Crippen LogP) is 6.69. The van der Waals surface area contributed by atoms with Gasteiger partial charge in [0.2, 0.25) is 0 Å². The third-order valence-electron chi connectivity index (χ3n) is 7.65. The van der Waals surface area contributed by atoms with Crippen molar-refractivity contribution in [2.45, 2.75) is 38.9 Å². The minimum absolute atomic E-state index is 0.411. The van der Waals surface area contributed by atoms with E-state index in [0.29, 0.717) is 0 Å². The van der Waals surface area contributed by atoms with Crippen molar-refractivity contribution in [1.29, 1.82) is 0 Å². The Balaban J connectivity index is 1.62. The fraction of sp³-hybridized carbons (Fsp3) is 0.214. The highest BCUT2D eigenvalue weighted by Crippen LogP contribution is 2.51. The van der Waals surface area contributed by atoms with Crippen molar-refractivity contribution >= 4 is 45.3 Å². The first-order valence-corrected chi connectivity index (χ1v) is 11.2. The second kappa shape index (κ2) is 5.83. The van der Waals surface area contributed by atoms with Crippen molar-refractivity contribution in [3.8, 4) is 22.3 Å². The summed E-state index contributed by atoms with van der Waals surface area (Å²) in [6, 6.07) is 23.6. The Hall–Kier alpha value is -3.08. The van der Waals surface area contributed by atoms with Crippen LogP contribution in [0.2, 0.25) is 0 Å². The van der Waals surface area contributed by atoms with Gasteiger partial charge in [-0.1, -0.05) is 60.7 Å². The van der Waals surface area contributed by atoms with Gasteiger partial charge in [0.25, 0.3) is 0 Å². The van der Waals surface area contributed by atoms with E-state index in [4.69, 9.17) is 13.7 Å². The van der Waals surface area contributed by atoms with Gasteiger partial charge in [0.1, 0.15) is 11.2 Å². The molecule has 0 saturated carbocycles. The molecular weight excluding hydrogens is 395 g/mol. The lowest BCUT2D eigenvalue weighted by atomic mass is 9.74. The highest BCUT2D eigenvalue weighted by atomic mass is 16.7. The Kier molecular flexibility index (Phi) is 3.37. The van der Waals surface area contributed by atoms with E-state index in [2.05, 4.69) is 82.3 Å². The molecule has 32 heavy (non-hydrogen) atoms. The summed E-state index contributed by atoms with van der Waals surface area (Å²) in [5.41, 5.74) is 6.85. The molecule has 1 aliphatic heterocycles. The minimum Gasteiger partial charge on any atom is -0.455 e. The summed E-state index contributed by atoms with van der Waals surface area (Å²) in [7, 11) is -0.461. The molecule has 7 rings (SSSR count). The second-order valence-corrected chi connectivity index (χ2v) is 9.99. The van der Waals surface area contributed by atoms with Crippen LogP contribution in [0.15, 0.2) is 71.1 Å². The Morgan fingerprint density at radius 3 is 2.12 bits per heavy atom. The maximum absolute atomic E-state index is 6.55. The van der Waals surface area contributed by atoms with Crippen LogP contribution in [0.3, 0.4) is 0 Å². The van der Waals surface area contributed by atoms with Crippen LogP contribution in [0, 0.1) is 0 Å². The van der Waals surface area contributed by atoms with Crippen LogP contribution in [0.4, 0.5) is 0 Å². The maximum atomic E-state index is 6.55. The smallest absolute Gasteiger partial charge is 0.455 e. The van der Waals surface area contributed by atoms with Gasteiger partial charge in [-0.25, -0.2) is 0 Å². The van der Waals surface area contributed by atoms with Gasteiger partial charge in [0.05, 0.1) is 11.2 Å². The summed E-state index contributed by atoms with van der Waals surface area (Å²) < 4.78 is 19.6. The average Bonchev–Trinajstić information content (AvgIpc) is 3.37. The van der Waals surface area contributed by atoms with Crippen LogP contribution in [-0.4, -0.2) is 18.3 Å². The fourth-order valence-corrected chi connectivity index (χ4v) is 5.34. The van der Waals surface area contributed by atoms with Gasteiger partial charge in [0, 0.05) is 16.3 Å². The SMILES string of the molecule is CC1(C)OB(c2cc3c(c4oc5ccccc5c24)-c2cccc4cccc-3c24)OC1(C)C. The van der Waals surface area contributed by atoms with Crippen molar-refractivity contribution in [3.63, 3.8) is 0 Å². The molecule has 1 fully saturated rings. The van der Waals surface area contributed by atoms with Crippen LogP contribution in [0.25, 0.3) is 55.0 Å². The van der Waals surface area contributed by atoms with E-state index in [-0.39, 0.29) is 0 Å². The van der Waals surface area contributed by atoms with Gasteiger partial charge in [0.15, 0.2) is 0 Å². The fourth-order valence-electron chi connectivity index (χ4n) is 5.34. The van der Waals surface area contributed by atoms with Crippen molar-refractivity contribution in [2.24, 2.45) is 0 Å². The Labute approximate surface area is 187 Å². The first-order chi connectivity index (χ1) is 15.4. The van der Waals surface area contributed by atoms with Crippen LogP contribution in [-0.2, 0) is 9.31 Å². The molecule has 4 aromatic carbocycles. The van der Waals surface area contributed by atoms with Crippen LogP contribution in [0.1, 0.15) is 27.7 Å². The summed E-state index contributed by atoms with van der Waals surface area (Å²) in [6.07, 6.45) is 0. The topological polar surface area (TPSA) is 31.6 Å². The molecule has 5 aromatic rings. The quantitative estimate of drug-likeness (QED) is 0.279. The van der Waals surface area contributed by atoms with Crippen molar-refractivity contribution < 1.29 is 13.7 Å². The molecule has 1 aliphatic carbocycles. The molecule has 2 aliphatic rings. The lowest BCUT2D eigenvalue weighted by Gasteiger charge is -2.32. The Bertz CT molecular complexity index is 1570. The summed E-state index contributed by atoms with van der Waals surface area (Å²) >= 11 is 0. The lowest BCUT2D eigenvalue weighted by molar-refractivity contribution is 0.00578. The average molecular weight is 418 g/mol. The molecule has 2 heterocycles. The summed E-state index contributed by atoms with van der Waals surface area (Å²) in [5, 5.41) is 4.72. The molecular formula is C28H23BO3. The largest absolute Gasteiger partial charge is 0.495 e. The molecule has 1 aromatic heterocycles. The molecule has 0 N–H and O–H groups in total. The van der Waals surface area contributed by atoms with E-state index in [9.17, 15) is 0 Å². The molecule has 0 bridgehead atoms. The summed E-state index contributed by atoms with van der Waals surface area (Å²) in [6.45, 7) is 8.40. The molecule has 4 heteroatoms. The molecule has 0 spiro atoms. The number of benzene rings is 4. The van der Waals surface area contributed by atoms with Crippen LogP contribution >= 0.6 is 0 Å². The standard InChI is InChI=1S/C28H23BO3/c1-27(2)28(3,4)32-29(31-27)21-15-20-17-12-7-9-16-10-8-13-19(23(16)17)24(20)26-25(21)18-11-5-6-14-22(18)30-26/h5-15H,1-4H3. The Morgan fingerprint density at radius 2 is 1.38 bits per heavy atom. The first kappa shape index (κ1) is 18.5. The lowest BCUT2D eigenvalue weighted by Crippen LogP contribution is -2.41. The molecule has 0 radical (unpaired) electrons. The van der Waals surface area contributed by atoms with E-state index in [1.165, 1.54) is 33.0 Å². The third-order valence-corrected chi connectivity index (χ3v) is 7.65. The van der Waals surface area contributed by atoms with Crippen molar-refractivity contribution in [2.75, 3.05) is 0 Å². The molecule has 156 valence electrons. The molecule has 3 nitrogen and oxygen atoms in total. The van der Waals surface area contributed by atoms with Crippen LogP contribution in [0.5, 0.6) is 0 Å². The van der Waals surface area contributed by atoms with Crippen molar-refractivity contribution in [1.82, 2.24) is 0 Å². The minimum atomic E-state index is -0.461. The third kappa shape index (κ3) is 2.19. The summed E-state index contributed by atoms with van der Waals surface area (Å²) in [4.78, 5) is 0. The van der Waals surface area contributed by atoms with E-state index in [0.717, 1.165) is 27.4 Å². The highest BCUT2D eigenvalue weighted by molar-refractivity contribution is 6.66. The van der Waals surface area contributed by atoms with E-state index in [1.54, 1.807) is 0 Å². The molecule has 0 atom stereocenters. The van der Waals surface area contributed by atoms with Gasteiger partial charge < -0.3 is 13.7 Å². The summed E-state index contributed by atoms with van der Waals surface area (Å²) in [5.74, 6) is 0. The van der Waals surface area contributed by atoms with Gasteiger partial charge in [-0.05, 0) is 66.7 Å². The number of para-hydroxylation sites is 1. The predicted molar refractivity (Wildman–Crippen MR) is 131 cm³/mol. The maximum Gasteiger partial charge on any atom is 0.495 e. The zero-order valence-corrected chi connectivity index (χ0v) is 18.7. The van der Waals surface area contributed by atoms with E-state index >= 15 is 0 Å². The molecule has 0 unspecified atom stereocenters. The van der Waals surface area contributed by atoms with Gasteiger partial charge in [-0.2, -0.15) is 0 Å². The van der Waals surface area contributed by atoms with E-state index < -0.39 is 18.3 Å². The second-order valence-electron chi connectivity index (χ2n) is 9.99. The number of fused-ring (bicyclic) bond motifs is 7. The van der Waals surface area contributed by atoms with Crippen LogP contribution < -0.4 is 5.46 Å². The number of furan rings is 1. The zero-order valence-electron chi connectivity index (χ0n) is 18.7. The zero-order chi connectivity index (χ0) is 21.8. The molecule has 1 saturated heterocycles. The number of hydrogen-bond donors (Lipinski definition) is 0. The van der Waals surface area contributed by atoms with Gasteiger partial charge >= 0.3 is 7.12 Å². The highest BCUT2D eigenvalue weighted by Gasteiger charge is 2.52. The normalized spacial score (nSPS) is 18.2. The number of rotatable bonds is 1. The number of hydrogen-bond acceptors (Lipinski definition) is 3. The Morgan fingerprint density at radius 1 is 0.688 bits per heavy atom. The van der Waals surface area contributed by atoms with Crippen molar-refractivity contribution in [3.05, 3.63) is 66.7 Å². The first-order valence-electron chi connectivity index (χ1n) is 11.2. The van der Waals surface area contributed by atoms with Gasteiger partial charge in [-0.3, -0.25) is 0 Å². The monoisotopic (exact) mass is 418 g/mol. The van der Waals surface area contributed by atoms with Gasteiger partial charge in [-0.15, -0.1) is 0 Å².